The number of carbonyl (C=O) groups is 2. The van der Waals surface area contributed by atoms with Gasteiger partial charge in [0.1, 0.15) is 0 Å². The number of likely N-dealkylation sites (tertiary alicyclic amines) is 1. The lowest BCUT2D eigenvalue weighted by molar-refractivity contribution is -0.131. The molecule has 6 nitrogen and oxygen atoms in total. The number of benzene rings is 1. The van der Waals surface area contributed by atoms with Gasteiger partial charge in [-0.1, -0.05) is 43.1 Å². The minimum atomic E-state index is -0.103. The predicted molar refractivity (Wildman–Crippen MR) is 122 cm³/mol. The number of amides is 2. The van der Waals surface area contributed by atoms with Crippen LogP contribution in [-0.4, -0.2) is 34.5 Å². The van der Waals surface area contributed by atoms with Crippen molar-refractivity contribution in [3.8, 4) is 0 Å². The minimum Gasteiger partial charge on any atom is -0.359 e. The van der Waals surface area contributed by atoms with Crippen molar-refractivity contribution in [2.75, 3.05) is 6.54 Å². The van der Waals surface area contributed by atoms with Gasteiger partial charge in [0.05, 0.1) is 17.1 Å². The summed E-state index contributed by atoms with van der Waals surface area (Å²) in [7, 11) is 0. The first-order valence-electron chi connectivity index (χ1n) is 11.1. The van der Waals surface area contributed by atoms with Crippen molar-refractivity contribution in [3.05, 3.63) is 52.2 Å². The zero-order chi connectivity index (χ0) is 21.8. The number of carbonyl (C=O) groups excluding carboxylic acids is 2. The molecule has 1 aliphatic rings. The SMILES string of the molecule is CCc1cc(CNC(=O)c2sc3ccccc3c2C[C@@H]2CCCCCN2C(C)=O)on1. The van der Waals surface area contributed by atoms with Gasteiger partial charge in [-0.15, -0.1) is 11.3 Å². The van der Waals surface area contributed by atoms with Crippen LogP contribution in [-0.2, 0) is 24.2 Å². The summed E-state index contributed by atoms with van der Waals surface area (Å²) in [5.41, 5.74) is 1.92. The number of aromatic nitrogens is 1. The van der Waals surface area contributed by atoms with E-state index in [0.29, 0.717) is 18.7 Å². The van der Waals surface area contributed by atoms with Crippen LogP contribution in [0.5, 0.6) is 0 Å². The van der Waals surface area contributed by atoms with E-state index < -0.39 is 0 Å². The monoisotopic (exact) mass is 439 g/mol. The molecule has 0 spiro atoms. The maximum absolute atomic E-state index is 13.2. The van der Waals surface area contributed by atoms with E-state index in [1.807, 2.05) is 30.0 Å². The Morgan fingerprint density at radius 2 is 2.10 bits per heavy atom. The highest BCUT2D eigenvalue weighted by molar-refractivity contribution is 7.21. The Bertz CT molecular complexity index is 1070. The molecule has 0 aliphatic carbocycles. The molecule has 0 saturated carbocycles. The fourth-order valence-electron chi connectivity index (χ4n) is 4.38. The Balaban J connectivity index is 1.60. The van der Waals surface area contributed by atoms with Crippen LogP contribution in [0.1, 0.15) is 66.2 Å². The fraction of sp³-hybridized carbons (Fsp3) is 0.458. The first kappa shape index (κ1) is 21.6. The summed E-state index contributed by atoms with van der Waals surface area (Å²) >= 11 is 1.52. The smallest absolute Gasteiger partial charge is 0.262 e. The van der Waals surface area contributed by atoms with E-state index >= 15 is 0 Å². The Labute approximate surface area is 186 Å². The zero-order valence-electron chi connectivity index (χ0n) is 18.1. The van der Waals surface area contributed by atoms with E-state index in [2.05, 4.69) is 22.6 Å². The average molecular weight is 440 g/mol. The third-order valence-corrected chi connectivity index (χ3v) is 7.23. The van der Waals surface area contributed by atoms with Gasteiger partial charge in [0.15, 0.2) is 5.76 Å². The third kappa shape index (κ3) is 4.82. The van der Waals surface area contributed by atoms with Crippen molar-refractivity contribution in [3.63, 3.8) is 0 Å². The summed E-state index contributed by atoms with van der Waals surface area (Å²) in [5, 5.41) is 8.09. The summed E-state index contributed by atoms with van der Waals surface area (Å²) in [6, 6.07) is 10.2. The Hall–Kier alpha value is -2.67. The van der Waals surface area contributed by atoms with E-state index in [1.165, 1.54) is 11.3 Å². The molecule has 0 unspecified atom stereocenters. The third-order valence-electron chi connectivity index (χ3n) is 6.02. The number of nitrogens with one attached hydrogen (secondary N) is 1. The second kappa shape index (κ2) is 9.64. The largest absolute Gasteiger partial charge is 0.359 e. The summed E-state index contributed by atoms with van der Waals surface area (Å²) in [6.07, 6.45) is 5.78. The molecule has 7 heteroatoms. The maximum Gasteiger partial charge on any atom is 0.262 e. The number of aryl methyl sites for hydroxylation is 1. The van der Waals surface area contributed by atoms with Crippen LogP contribution in [0.3, 0.4) is 0 Å². The molecule has 164 valence electrons. The molecule has 1 aliphatic heterocycles. The molecule has 1 N–H and O–H groups in total. The lowest BCUT2D eigenvalue weighted by Crippen LogP contribution is -2.40. The van der Waals surface area contributed by atoms with Gasteiger partial charge < -0.3 is 14.7 Å². The molecule has 0 radical (unpaired) electrons. The van der Waals surface area contributed by atoms with Crippen LogP contribution in [0.4, 0.5) is 0 Å². The topological polar surface area (TPSA) is 75.4 Å². The molecule has 1 fully saturated rings. The van der Waals surface area contributed by atoms with Gasteiger partial charge in [0.25, 0.3) is 5.91 Å². The number of fused-ring (bicyclic) bond motifs is 1. The first-order valence-corrected chi connectivity index (χ1v) is 11.9. The van der Waals surface area contributed by atoms with Crippen molar-refractivity contribution in [1.29, 1.82) is 0 Å². The number of rotatable bonds is 6. The van der Waals surface area contributed by atoms with Crippen LogP contribution in [0, 0.1) is 0 Å². The highest BCUT2D eigenvalue weighted by Gasteiger charge is 2.27. The van der Waals surface area contributed by atoms with Crippen molar-refractivity contribution < 1.29 is 14.1 Å². The lowest BCUT2D eigenvalue weighted by Gasteiger charge is -2.29. The highest BCUT2D eigenvalue weighted by atomic mass is 32.1. The van der Waals surface area contributed by atoms with E-state index in [4.69, 9.17) is 4.52 Å². The molecule has 31 heavy (non-hydrogen) atoms. The Morgan fingerprint density at radius 1 is 1.26 bits per heavy atom. The summed E-state index contributed by atoms with van der Waals surface area (Å²) < 4.78 is 6.40. The second-order valence-corrected chi connectivity index (χ2v) is 9.20. The summed E-state index contributed by atoms with van der Waals surface area (Å²) in [5.74, 6) is 0.669. The number of hydrogen-bond donors (Lipinski definition) is 1. The molecular weight excluding hydrogens is 410 g/mol. The molecule has 0 bridgehead atoms. The van der Waals surface area contributed by atoms with Gasteiger partial charge in [0.2, 0.25) is 5.91 Å². The second-order valence-electron chi connectivity index (χ2n) is 8.15. The van der Waals surface area contributed by atoms with Crippen LogP contribution in [0.25, 0.3) is 10.1 Å². The maximum atomic E-state index is 13.2. The molecule has 3 heterocycles. The lowest BCUT2D eigenvalue weighted by atomic mass is 9.98. The average Bonchev–Trinajstić information content (AvgIpc) is 3.30. The predicted octanol–water partition coefficient (Wildman–Crippen LogP) is 4.72. The standard InChI is InChI=1S/C24H29N3O3S/c1-3-17-13-19(30-26-17)15-25-24(29)23-21(20-10-6-7-11-22(20)31-23)14-18-9-5-4-8-12-27(18)16(2)28/h6-7,10-11,13,18H,3-5,8-9,12,14-15H2,1-2H3,(H,25,29)/t18-/m0/s1. The van der Waals surface area contributed by atoms with Gasteiger partial charge in [0, 0.05) is 30.3 Å². The summed E-state index contributed by atoms with van der Waals surface area (Å²) in [4.78, 5) is 28.2. The van der Waals surface area contributed by atoms with E-state index in [0.717, 1.165) is 64.9 Å². The molecule has 1 atom stereocenters. The highest BCUT2D eigenvalue weighted by Crippen LogP contribution is 2.34. The van der Waals surface area contributed by atoms with Gasteiger partial charge in [-0.2, -0.15) is 0 Å². The Kier molecular flexibility index (Phi) is 6.70. The van der Waals surface area contributed by atoms with Crippen LogP contribution in [0.15, 0.2) is 34.9 Å². The van der Waals surface area contributed by atoms with E-state index in [1.54, 1.807) is 6.92 Å². The van der Waals surface area contributed by atoms with Gasteiger partial charge in [-0.25, -0.2) is 0 Å². The minimum absolute atomic E-state index is 0.103. The quantitative estimate of drug-likeness (QED) is 0.603. The Morgan fingerprint density at radius 3 is 2.87 bits per heavy atom. The molecule has 3 aromatic rings. The number of hydrogen-bond acceptors (Lipinski definition) is 5. The molecule has 2 amide bonds. The van der Waals surface area contributed by atoms with Gasteiger partial charge >= 0.3 is 0 Å². The van der Waals surface area contributed by atoms with Crippen molar-refractivity contribution in [2.24, 2.45) is 0 Å². The number of nitrogens with zero attached hydrogens (tertiary/aromatic N) is 2. The molecule has 1 aromatic carbocycles. The van der Waals surface area contributed by atoms with Gasteiger partial charge in [-0.05, 0) is 42.7 Å². The fourth-order valence-corrected chi connectivity index (χ4v) is 5.53. The summed E-state index contributed by atoms with van der Waals surface area (Å²) in [6.45, 7) is 4.78. The zero-order valence-corrected chi connectivity index (χ0v) is 19.0. The normalized spacial score (nSPS) is 17.0. The molecule has 2 aromatic heterocycles. The van der Waals surface area contributed by atoms with Crippen LogP contribution in [0.2, 0.25) is 0 Å². The van der Waals surface area contributed by atoms with Crippen LogP contribution >= 0.6 is 11.3 Å². The van der Waals surface area contributed by atoms with Crippen molar-refractivity contribution in [1.82, 2.24) is 15.4 Å². The van der Waals surface area contributed by atoms with Crippen molar-refractivity contribution >= 4 is 33.2 Å². The van der Waals surface area contributed by atoms with E-state index in [-0.39, 0.29) is 17.9 Å². The van der Waals surface area contributed by atoms with Gasteiger partial charge in [-0.3, -0.25) is 9.59 Å². The first-order chi connectivity index (χ1) is 15.1. The number of thiophene rings is 1. The molecule has 1 saturated heterocycles. The molecular formula is C24H29N3O3S. The van der Waals surface area contributed by atoms with E-state index in [9.17, 15) is 9.59 Å². The van der Waals surface area contributed by atoms with Crippen molar-refractivity contribution in [2.45, 2.75) is 65.0 Å². The molecule has 4 rings (SSSR count). The van der Waals surface area contributed by atoms with Crippen LogP contribution < -0.4 is 5.32 Å².